The van der Waals surface area contributed by atoms with E-state index in [9.17, 15) is 0 Å². The largest absolute Gasteiger partial charge is 4.00 e. The van der Waals surface area contributed by atoms with E-state index < -0.39 is 9.52 Å². The van der Waals surface area contributed by atoms with Crippen molar-refractivity contribution in [2.24, 2.45) is 0 Å². The van der Waals surface area contributed by atoms with Gasteiger partial charge in [0.05, 0.1) is 9.52 Å². The molecule has 0 N–H and O–H groups in total. The molecule has 1 aliphatic rings. The SMILES string of the molecule is CCCCCC1[C-]=C([SiH2]c2c(C)c(C)c(C)c(C)c2C)c2ccccc21.[Cl-].[Cl-].[Cl-].[Ti+4]. The van der Waals surface area contributed by atoms with Gasteiger partial charge in [-0.2, -0.15) is 5.56 Å². The van der Waals surface area contributed by atoms with Crippen molar-refractivity contribution >= 4 is 19.9 Å². The van der Waals surface area contributed by atoms with Crippen LogP contribution in [0.4, 0.5) is 0 Å². The van der Waals surface area contributed by atoms with Crippen LogP contribution < -0.4 is 42.4 Å². The normalized spacial score (nSPS) is 14.2. The first-order valence-electron chi connectivity index (χ1n) is 10.2. The molecule has 0 heterocycles. The van der Waals surface area contributed by atoms with E-state index in [1.165, 1.54) is 64.6 Å². The maximum atomic E-state index is 3.95. The molecule has 0 radical (unpaired) electrons. The Kier molecular flexibility index (Phi) is 15.2. The van der Waals surface area contributed by atoms with Gasteiger partial charge in [-0.1, -0.05) is 61.9 Å². The molecule has 0 spiro atoms. The summed E-state index contributed by atoms with van der Waals surface area (Å²) in [6.45, 7) is 13.8. The summed E-state index contributed by atoms with van der Waals surface area (Å²) < 4.78 is 0. The number of halogens is 3. The minimum Gasteiger partial charge on any atom is -1.00 e. The third-order valence-electron chi connectivity index (χ3n) is 6.62. The van der Waals surface area contributed by atoms with Crippen LogP contribution >= 0.6 is 0 Å². The Hall–Kier alpha value is -0.0188. The van der Waals surface area contributed by atoms with Crippen LogP contribution in [0.5, 0.6) is 0 Å². The predicted octanol–water partition coefficient (Wildman–Crippen LogP) is -3.45. The van der Waals surface area contributed by atoms with Crippen LogP contribution in [0.1, 0.15) is 77.5 Å². The van der Waals surface area contributed by atoms with Crippen molar-refractivity contribution < 1.29 is 58.9 Å². The summed E-state index contributed by atoms with van der Waals surface area (Å²) in [5.74, 6) is 0.522. The Morgan fingerprint density at radius 3 is 1.90 bits per heavy atom. The van der Waals surface area contributed by atoms with Crippen molar-refractivity contribution in [1.29, 1.82) is 0 Å². The Balaban J connectivity index is 0. The Morgan fingerprint density at radius 2 is 1.33 bits per heavy atom. The minimum atomic E-state index is -0.515. The third kappa shape index (κ3) is 6.50. The molecule has 1 unspecified atom stereocenters. The van der Waals surface area contributed by atoms with E-state index in [0.29, 0.717) is 5.92 Å². The van der Waals surface area contributed by atoms with Crippen LogP contribution in [0.3, 0.4) is 0 Å². The number of hydrogen-bond donors (Lipinski definition) is 0. The fourth-order valence-electron chi connectivity index (χ4n) is 4.43. The monoisotopic (exact) mass is 514 g/mol. The van der Waals surface area contributed by atoms with Gasteiger partial charge in [0, 0.05) is 0 Å². The molecule has 0 saturated heterocycles. The van der Waals surface area contributed by atoms with E-state index >= 15 is 0 Å². The Morgan fingerprint density at radius 1 is 0.800 bits per heavy atom. The predicted molar refractivity (Wildman–Crippen MR) is 118 cm³/mol. The molecule has 30 heavy (non-hydrogen) atoms. The molecule has 0 fully saturated rings. The molecule has 2 aromatic rings. The molecule has 2 aromatic carbocycles. The fraction of sp³-hybridized carbons (Fsp3) is 0.440. The maximum Gasteiger partial charge on any atom is 4.00 e. The van der Waals surface area contributed by atoms with Crippen molar-refractivity contribution in [3.8, 4) is 0 Å². The number of benzene rings is 2. The molecule has 1 atom stereocenters. The average Bonchev–Trinajstić information content (AvgIpc) is 3.00. The molecule has 1 aliphatic carbocycles. The quantitative estimate of drug-likeness (QED) is 0.213. The van der Waals surface area contributed by atoms with E-state index in [4.69, 9.17) is 0 Å². The molecule has 5 heteroatoms. The fourth-order valence-corrected chi connectivity index (χ4v) is 6.71. The van der Waals surface area contributed by atoms with E-state index in [2.05, 4.69) is 71.9 Å². The van der Waals surface area contributed by atoms with Gasteiger partial charge in [-0.05, 0) is 62.4 Å². The number of hydrogen-bond acceptors (Lipinski definition) is 0. The van der Waals surface area contributed by atoms with Gasteiger partial charge in [-0.15, -0.1) is 11.6 Å². The Bertz CT molecular complexity index is 833. The van der Waals surface area contributed by atoms with Gasteiger partial charge in [0.1, 0.15) is 0 Å². The molecule has 3 rings (SSSR count). The van der Waals surface area contributed by atoms with Crippen molar-refractivity contribution in [3.63, 3.8) is 0 Å². The maximum absolute atomic E-state index is 3.95. The van der Waals surface area contributed by atoms with Crippen LogP contribution in [0.2, 0.25) is 0 Å². The molecular formula is C25H33Cl3SiTi. The van der Waals surface area contributed by atoms with Crippen LogP contribution in [0, 0.1) is 40.7 Å². The van der Waals surface area contributed by atoms with E-state index in [1.807, 2.05) is 0 Å². The molecule has 0 amide bonds. The summed E-state index contributed by atoms with van der Waals surface area (Å²) in [6.07, 6.45) is 9.15. The molecule has 162 valence electrons. The number of unbranched alkanes of at least 4 members (excludes halogenated alkanes) is 2. The van der Waals surface area contributed by atoms with Gasteiger partial charge in [-0.25, -0.2) is 5.20 Å². The smallest absolute Gasteiger partial charge is 1.00 e. The first-order valence-corrected chi connectivity index (χ1v) is 11.6. The molecular weight excluding hydrogens is 483 g/mol. The van der Waals surface area contributed by atoms with Gasteiger partial charge in [0.2, 0.25) is 0 Å². The average molecular weight is 516 g/mol. The topological polar surface area (TPSA) is 0 Å². The summed E-state index contributed by atoms with van der Waals surface area (Å²) in [6, 6.07) is 9.08. The van der Waals surface area contributed by atoms with Gasteiger partial charge >= 0.3 is 21.7 Å². The van der Waals surface area contributed by atoms with Crippen molar-refractivity contribution in [2.45, 2.75) is 73.1 Å². The standard InChI is InChI=1S/C25H33Si.3ClH.Ti/c1-7-8-9-12-21-15-24(23-14-11-10-13-22(21)23)26-25-19(5)17(3)16(2)18(4)20(25)6;;;;/h10-11,13-14,21H,7-9,12,26H2,1-6H3;3*1H;/q-1;;;;+4/p-3. The van der Waals surface area contributed by atoms with Gasteiger partial charge in [0.25, 0.3) is 0 Å². The van der Waals surface area contributed by atoms with Gasteiger partial charge in [0.15, 0.2) is 0 Å². The number of fused-ring (bicyclic) bond motifs is 1. The van der Waals surface area contributed by atoms with Crippen molar-refractivity contribution in [1.82, 2.24) is 0 Å². The van der Waals surface area contributed by atoms with E-state index in [-0.39, 0.29) is 58.9 Å². The second-order valence-corrected chi connectivity index (χ2v) is 9.81. The summed E-state index contributed by atoms with van der Waals surface area (Å²) in [4.78, 5) is 0. The zero-order chi connectivity index (χ0) is 18.8. The molecule has 0 aromatic heterocycles. The zero-order valence-electron chi connectivity index (χ0n) is 19.1. The van der Waals surface area contributed by atoms with Gasteiger partial charge < -0.3 is 37.2 Å². The summed E-state index contributed by atoms with van der Waals surface area (Å²) >= 11 is 0. The van der Waals surface area contributed by atoms with E-state index in [1.54, 1.807) is 10.4 Å². The second-order valence-electron chi connectivity index (χ2n) is 8.04. The van der Waals surface area contributed by atoms with E-state index in [0.717, 1.165) is 0 Å². The van der Waals surface area contributed by atoms with Crippen LogP contribution in [0.25, 0.3) is 5.20 Å². The third-order valence-corrected chi connectivity index (χ3v) is 8.97. The first-order chi connectivity index (χ1) is 12.5. The molecule has 0 bridgehead atoms. The number of rotatable bonds is 6. The molecule has 0 nitrogen and oxygen atoms in total. The van der Waals surface area contributed by atoms with Crippen molar-refractivity contribution in [2.75, 3.05) is 0 Å². The van der Waals surface area contributed by atoms with Crippen LogP contribution in [-0.2, 0) is 21.7 Å². The van der Waals surface area contributed by atoms with Crippen molar-refractivity contribution in [3.05, 3.63) is 69.3 Å². The van der Waals surface area contributed by atoms with Gasteiger partial charge in [-0.3, -0.25) is 6.08 Å². The van der Waals surface area contributed by atoms with Crippen LogP contribution in [-0.4, -0.2) is 9.52 Å². The summed E-state index contributed by atoms with van der Waals surface area (Å²) in [5, 5.41) is 3.20. The van der Waals surface area contributed by atoms with Crippen LogP contribution in [0.15, 0.2) is 24.3 Å². The summed E-state index contributed by atoms with van der Waals surface area (Å²) in [5.41, 5.74) is 10.5. The molecule has 0 aliphatic heterocycles. The minimum absolute atomic E-state index is 0. The molecule has 0 saturated carbocycles. The number of allylic oxidation sites excluding steroid dienone is 1. The summed E-state index contributed by atoms with van der Waals surface area (Å²) in [7, 11) is -0.515. The zero-order valence-corrected chi connectivity index (χ0v) is 24.3. The Labute approximate surface area is 220 Å². The second kappa shape index (κ2) is 14.2. The first kappa shape index (κ1) is 32.2.